The maximum Gasteiger partial charge on any atom is 0.328 e. The first kappa shape index (κ1) is 28.2. The monoisotopic (exact) mass is 559 g/mol. The summed E-state index contributed by atoms with van der Waals surface area (Å²) in [5.74, 6) is -2.24. The molecule has 13 heteroatoms. The van der Waals surface area contributed by atoms with Crippen LogP contribution in [-0.4, -0.2) is 60.0 Å². The first-order valence-electron chi connectivity index (χ1n) is 11.1. The van der Waals surface area contributed by atoms with Crippen LogP contribution in [-0.2, 0) is 9.59 Å². The number of pyridine rings is 1. The maximum absolute atomic E-state index is 12.5. The van der Waals surface area contributed by atoms with Gasteiger partial charge in [-0.25, -0.2) is 9.78 Å². The van der Waals surface area contributed by atoms with E-state index in [1.165, 1.54) is 25.3 Å². The standard InChI is InChI=1S/C25H23Cl2N5O6/c1-38-16-8-9-20(28-11-16)31-15-5-2-4-14(10-15)23(34)30-13-21(33)29-12-19(25(36)37)32-24(35)22-17(26)6-3-7-18(22)27/h2-11,19H,12-13H2,1H3,(H,28,31)(H,29,33)(H,30,34)(H,32,35)(H,36,37). The number of ether oxygens (including phenoxy) is 1. The molecule has 198 valence electrons. The van der Waals surface area contributed by atoms with Crippen molar-refractivity contribution in [2.24, 2.45) is 0 Å². The lowest BCUT2D eigenvalue weighted by molar-refractivity contribution is -0.139. The van der Waals surface area contributed by atoms with E-state index in [9.17, 15) is 24.3 Å². The van der Waals surface area contributed by atoms with Crippen LogP contribution in [0.4, 0.5) is 11.5 Å². The molecule has 11 nitrogen and oxygen atoms in total. The zero-order chi connectivity index (χ0) is 27.7. The fraction of sp³-hybridized carbons (Fsp3) is 0.160. The maximum atomic E-state index is 12.5. The number of benzene rings is 2. The second-order valence-electron chi connectivity index (χ2n) is 7.74. The third kappa shape index (κ3) is 7.82. The number of aliphatic carboxylic acids is 1. The van der Waals surface area contributed by atoms with E-state index in [0.29, 0.717) is 17.3 Å². The number of hydrogen-bond donors (Lipinski definition) is 5. The van der Waals surface area contributed by atoms with Gasteiger partial charge in [-0.1, -0.05) is 35.3 Å². The third-order valence-electron chi connectivity index (χ3n) is 5.08. The van der Waals surface area contributed by atoms with Crippen LogP contribution in [0.3, 0.4) is 0 Å². The van der Waals surface area contributed by atoms with E-state index in [0.717, 1.165) is 0 Å². The van der Waals surface area contributed by atoms with E-state index >= 15 is 0 Å². The van der Waals surface area contributed by atoms with Crippen molar-refractivity contribution in [3.8, 4) is 5.75 Å². The van der Waals surface area contributed by atoms with Gasteiger partial charge < -0.3 is 31.1 Å². The van der Waals surface area contributed by atoms with Crippen LogP contribution in [0.15, 0.2) is 60.8 Å². The average molecular weight is 560 g/mol. The van der Waals surface area contributed by atoms with Crippen molar-refractivity contribution in [2.75, 3.05) is 25.5 Å². The number of nitrogens with zero attached hydrogens (tertiary/aromatic N) is 1. The molecule has 3 rings (SSSR count). The first-order valence-corrected chi connectivity index (χ1v) is 11.8. The van der Waals surface area contributed by atoms with Crippen LogP contribution < -0.4 is 26.0 Å². The van der Waals surface area contributed by atoms with Crippen molar-refractivity contribution >= 4 is 58.4 Å². The number of carboxylic acid groups (broad SMARTS) is 1. The quantitative estimate of drug-likeness (QED) is 0.240. The van der Waals surface area contributed by atoms with Gasteiger partial charge in [0.25, 0.3) is 11.8 Å². The predicted octanol–water partition coefficient (Wildman–Crippen LogP) is 2.87. The summed E-state index contributed by atoms with van der Waals surface area (Å²) in [4.78, 5) is 53.0. The SMILES string of the molecule is COc1ccc(Nc2cccc(C(=O)NCC(=O)NCC(NC(=O)c3c(Cl)cccc3Cl)C(=O)O)c2)nc1. The van der Waals surface area contributed by atoms with Crippen molar-refractivity contribution < 1.29 is 29.0 Å². The first-order chi connectivity index (χ1) is 18.2. The van der Waals surface area contributed by atoms with Crippen LogP contribution in [0.5, 0.6) is 5.75 Å². The summed E-state index contributed by atoms with van der Waals surface area (Å²) in [7, 11) is 1.54. The van der Waals surface area contributed by atoms with Gasteiger partial charge in [-0.05, 0) is 42.5 Å². The van der Waals surface area contributed by atoms with Gasteiger partial charge in [0.1, 0.15) is 17.6 Å². The number of carbonyl (C=O) groups excluding carboxylic acids is 3. The van der Waals surface area contributed by atoms with E-state index < -0.39 is 42.8 Å². The number of carbonyl (C=O) groups is 4. The molecule has 0 aliphatic rings. The number of anilines is 2. The third-order valence-corrected chi connectivity index (χ3v) is 5.71. The minimum absolute atomic E-state index is 0.0467. The fourth-order valence-corrected chi connectivity index (χ4v) is 3.72. The number of rotatable bonds is 11. The molecule has 1 atom stereocenters. The highest BCUT2D eigenvalue weighted by Gasteiger charge is 2.24. The molecule has 38 heavy (non-hydrogen) atoms. The van der Waals surface area contributed by atoms with Crippen LogP contribution in [0, 0.1) is 0 Å². The molecule has 0 fully saturated rings. The molecule has 0 saturated carbocycles. The molecule has 0 spiro atoms. The van der Waals surface area contributed by atoms with Gasteiger partial charge in [0.2, 0.25) is 5.91 Å². The Kier molecular flexibility index (Phi) is 9.85. The van der Waals surface area contributed by atoms with Crippen molar-refractivity contribution in [1.82, 2.24) is 20.9 Å². The topological polar surface area (TPSA) is 159 Å². The smallest absolute Gasteiger partial charge is 0.328 e. The number of nitrogens with one attached hydrogen (secondary N) is 4. The Balaban J connectivity index is 1.51. The fourth-order valence-electron chi connectivity index (χ4n) is 3.15. The largest absolute Gasteiger partial charge is 0.495 e. The Morgan fingerprint density at radius 2 is 1.68 bits per heavy atom. The number of aromatic nitrogens is 1. The molecule has 1 unspecified atom stereocenters. The molecule has 1 aromatic heterocycles. The van der Waals surface area contributed by atoms with Crippen LogP contribution in [0.1, 0.15) is 20.7 Å². The highest BCUT2D eigenvalue weighted by molar-refractivity contribution is 6.39. The minimum Gasteiger partial charge on any atom is -0.495 e. The molecule has 5 N–H and O–H groups in total. The lowest BCUT2D eigenvalue weighted by atomic mass is 10.2. The van der Waals surface area contributed by atoms with Crippen molar-refractivity contribution in [2.45, 2.75) is 6.04 Å². The highest BCUT2D eigenvalue weighted by atomic mass is 35.5. The Morgan fingerprint density at radius 1 is 0.974 bits per heavy atom. The molecule has 3 amide bonds. The average Bonchev–Trinajstić information content (AvgIpc) is 2.90. The molecule has 1 heterocycles. The summed E-state index contributed by atoms with van der Waals surface area (Å²) in [5, 5.41) is 19.7. The van der Waals surface area contributed by atoms with Gasteiger partial charge in [0, 0.05) is 17.8 Å². The van der Waals surface area contributed by atoms with E-state index in [4.69, 9.17) is 27.9 Å². The van der Waals surface area contributed by atoms with E-state index in [1.54, 1.807) is 42.6 Å². The number of halogens is 2. The van der Waals surface area contributed by atoms with E-state index in [2.05, 4.69) is 26.3 Å². The molecule has 0 bridgehead atoms. The van der Waals surface area contributed by atoms with E-state index in [-0.39, 0.29) is 21.2 Å². The molecule has 0 aliphatic heterocycles. The number of amides is 3. The van der Waals surface area contributed by atoms with Gasteiger partial charge in [0.05, 0.1) is 35.5 Å². The van der Waals surface area contributed by atoms with Crippen molar-refractivity contribution in [3.63, 3.8) is 0 Å². The van der Waals surface area contributed by atoms with Crippen LogP contribution in [0.2, 0.25) is 10.0 Å². The Morgan fingerprint density at radius 3 is 2.32 bits per heavy atom. The molecular weight excluding hydrogens is 537 g/mol. The Bertz CT molecular complexity index is 1320. The molecule has 2 aromatic carbocycles. The Labute approximate surface area is 227 Å². The van der Waals surface area contributed by atoms with Crippen molar-refractivity contribution in [3.05, 3.63) is 82.0 Å². The van der Waals surface area contributed by atoms with Gasteiger partial charge >= 0.3 is 5.97 Å². The summed E-state index contributed by atoms with van der Waals surface area (Å²) in [6, 6.07) is 12.9. The van der Waals surface area contributed by atoms with Crippen LogP contribution in [0.25, 0.3) is 0 Å². The molecule has 0 radical (unpaired) electrons. The van der Waals surface area contributed by atoms with Crippen molar-refractivity contribution in [1.29, 1.82) is 0 Å². The Hall–Kier alpha value is -4.35. The molecular formula is C25H23Cl2N5O6. The molecule has 3 aromatic rings. The lowest BCUT2D eigenvalue weighted by Crippen LogP contribution is -2.50. The van der Waals surface area contributed by atoms with Gasteiger partial charge in [-0.2, -0.15) is 0 Å². The summed E-state index contributed by atoms with van der Waals surface area (Å²) >= 11 is 12.0. The molecule has 0 saturated heterocycles. The summed E-state index contributed by atoms with van der Waals surface area (Å²) in [5.41, 5.74) is 0.794. The zero-order valence-electron chi connectivity index (χ0n) is 20.0. The second kappa shape index (κ2) is 13.3. The number of hydrogen-bond acceptors (Lipinski definition) is 7. The summed E-state index contributed by atoms with van der Waals surface area (Å²) in [6.07, 6.45) is 1.55. The minimum atomic E-state index is -1.47. The van der Waals surface area contributed by atoms with Crippen LogP contribution >= 0.6 is 23.2 Å². The summed E-state index contributed by atoms with van der Waals surface area (Å²) < 4.78 is 5.07. The number of carboxylic acids is 1. The van der Waals surface area contributed by atoms with Gasteiger partial charge in [0.15, 0.2) is 0 Å². The predicted molar refractivity (Wildman–Crippen MR) is 141 cm³/mol. The second-order valence-corrected chi connectivity index (χ2v) is 8.55. The lowest BCUT2D eigenvalue weighted by Gasteiger charge is -2.16. The number of methoxy groups -OCH3 is 1. The van der Waals surface area contributed by atoms with Gasteiger partial charge in [-0.15, -0.1) is 0 Å². The normalized spacial score (nSPS) is 11.1. The summed E-state index contributed by atoms with van der Waals surface area (Å²) in [6.45, 7) is -0.862. The molecule has 0 aliphatic carbocycles. The highest BCUT2D eigenvalue weighted by Crippen LogP contribution is 2.24. The van der Waals surface area contributed by atoms with Gasteiger partial charge in [-0.3, -0.25) is 14.4 Å². The van der Waals surface area contributed by atoms with E-state index in [1.807, 2.05) is 0 Å². The zero-order valence-corrected chi connectivity index (χ0v) is 21.5.